The Hall–Kier alpha value is -4.04. The number of hydrogen-bond donors (Lipinski definition) is 3. The van der Waals surface area contributed by atoms with Crippen LogP contribution in [0.3, 0.4) is 0 Å². The van der Waals surface area contributed by atoms with Crippen molar-refractivity contribution in [1.29, 1.82) is 0 Å². The zero-order chi connectivity index (χ0) is 23.4. The van der Waals surface area contributed by atoms with Crippen LogP contribution in [0.15, 0.2) is 83.0 Å². The second kappa shape index (κ2) is 9.62. The van der Waals surface area contributed by atoms with Crippen LogP contribution in [-0.4, -0.2) is 16.8 Å². The van der Waals surface area contributed by atoms with Crippen LogP contribution < -0.4 is 16.2 Å². The predicted octanol–water partition coefficient (Wildman–Crippen LogP) is 4.99. The van der Waals surface area contributed by atoms with Gasteiger partial charge in [0.1, 0.15) is 11.4 Å². The van der Waals surface area contributed by atoms with Crippen molar-refractivity contribution in [2.45, 2.75) is 13.0 Å². The summed E-state index contributed by atoms with van der Waals surface area (Å²) in [7, 11) is 0. The van der Waals surface area contributed by atoms with Gasteiger partial charge in [0.15, 0.2) is 0 Å². The van der Waals surface area contributed by atoms with Gasteiger partial charge in [0.25, 0.3) is 17.4 Å². The highest BCUT2D eigenvalue weighted by atomic mass is 32.1. The highest BCUT2D eigenvalue weighted by Crippen LogP contribution is 2.22. The van der Waals surface area contributed by atoms with E-state index in [9.17, 15) is 18.8 Å². The Balaban J connectivity index is 1.39. The molecule has 2 heterocycles. The Morgan fingerprint density at radius 3 is 2.30 bits per heavy atom. The van der Waals surface area contributed by atoms with Crippen molar-refractivity contribution in [2.75, 3.05) is 5.32 Å². The summed E-state index contributed by atoms with van der Waals surface area (Å²) < 4.78 is 13.0. The van der Waals surface area contributed by atoms with Crippen LogP contribution in [0.5, 0.6) is 0 Å². The summed E-state index contributed by atoms with van der Waals surface area (Å²) in [6.07, 6.45) is 0. The normalized spacial score (nSPS) is 11.6. The Morgan fingerprint density at radius 1 is 0.939 bits per heavy atom. The Labute approximate surface area is 193 Å². The van der Waals surface area contributed by atoms with Crippen LogP contribution in [0.25, 0.3) is 10.6 Å². The molecule has 3 N–H and O–H groups in total. The van der Waals surface area contributed by atoms with E-state index in [0.717, 1.165) is 10.4 Å². The van der Waals surface area contributed by atoms with Gasteiger partial charge in [0, 0.05) is 11.3 Å². The Kier molecular flexibility index (Phi) is 6.46. The van der Waals surface area contributed by atoms with Gasteiger partial charge in [-0.05, 0) is 72.5 Å². The zero-order valence-corrected chi connectivity index (χ0v) is 18.4. The standard InChI is InChI=1S/C25H20FN3O3S/c1-15(27-24(31)20-12-13-21(29-25(20)32)22-3-2-14-33-22)16-6-10-19(11-7-16)28-23(30)17-4-8-18(26)9-5-17/h2-15H,1H3,(H,27,31)(H,28,30)(H,29,32). The summed E-state index contributed by atoms with van der Waals surface area (Å²) in [5.74, 6) is -1.24. The highest BCUT2D eigenvalue weighted by molar-refractivity contribution is 7.13. The third-order valence-electron chi connectivity index (χ3n) is 5.06. The molecule has 6 nitrogen and oxygen atoms in total. The van der Waals surface area contributed by atoms with Crippen molar-refractivity contribution >= 4 is 28.8 Å². The molecule has 0 radical (unpaired) electrons. The molecule has 0 aliphatic heterocycles. The average Bonchev–Trinajstić information content (AvgIpc) is 3.35. The van der Waals surface area contributed by atoms with E-state index >= 15 is 0 Å². The van der Waals surface area contributed by atoms with Crippen molar-refractivity contribution in [1.82, 2.24) is 10.3 Å². The second-order valence-electron chi connectivity index (χ2n) is 7.37. The minimum atomic E-state index is -0.477. The first-order valence-electron chi connectivity index (χ1n) is 10.2. The van der Waals surface area contributed by atoms with Gasteiger partial charge in [0.2, 0.25) is 0 Å². The van der Waals surface area contributed by atoms with Gasteiger partial charge in [-0.25, -0.2) is 4.39 Å². The summed E-state index contributed by atoms with van der Waals surface area (Å²) in [6.45, 7) is 1.80. The quantitative estimate of drug-likeness (QED) is 0.378. The molecule has 166 valence electrons. The molecule has 2 amide bonds. The number of carbonyl (C=O) groups is 2. The first-order valence-corrected chi connectivity index (χ1v) is 11.0. The molecule has 0 saturated heterocycles. The van der Waals surface area contributed by atoms with Crippen LogP contribution in [-0.2, 0) is 0 Å². The van der Waals surface area contributed by atoms with Gasteiger partial charge in [-0.3, -0.25) is 14.4 Å². The summed E-state index contributed by atoms with van der Waals surface area (Å²) in [6, 6.07) is 18.9. The molecule has 0 spiro atoms. The molecule has 2 aromatic heterocycles. The molecular weight excluding hydrogens is 441 g/mol. The van der Waals surface area contributed by atoms with Gasteiger partial charge in [-0.15, -0.1) is 11.3 Å². The number of aromatic amines is 1. The van der Waals surface area contributed by atoms with Gasteiger partial charge < -0.3 is 15.6 Å². The molecule has 0 saturated carbocycles. The second-order valence-corrected chi connectivity index (χ2v) is 8.32. The first-order chi connectivity index (χ1) is 15.9. The van der Waals surface area contributed by atoms with Crippen molar-refractivity contribution in [3.05, 3.63) is 111 Å². The topological polar surface area (TPSA) is 91.1 Å². The lowest BCUT2D eigenvalue weighted by Crippen LogP contribution is -2.31. The number of aromatic nitrogens is 1. The lowest BCUT2D eigenvalue weighted by Gasteiger charge is -2.15. The average molecular weight is 462 g/mol. The van der Waals surface area contributed by atoms with E-state index in [1.807, 2.05) is 17.5 Å². The van der Waals surface area contributed by atoms with Crippen LogP contribution >= 0.6 is 11.3 Å². The number of pyridine rings is 1. The number of carbonyl (C=O) groups excluding carboxylic acids is 2. The fraction of sp³-hybridized carbons (Fsp3) is 0.0800. The molecule has 2 aromatic carbocycles. The molecule has 1 unspecified atom stereocenters. The van der Waals surface area contributed by atoms with Gasteiger partial charge in [-0.1, -0.05) is 18.2 Å². The number of halogens is 1. The highest BCUT2D eigenvalue weighted by Gasteiger charge is 2.16. The third kappa shape index (κ3) is 5.24. The summed E-state index contributed by atoms with van der Waals surface area (Å²) in [5, 5.41) is 7.47. The van der Waals surface area contributed by atoms with Gasteiger partial charge in [-0.2, -0.15) is 0 Å². The number of hydrogen-bond acceptors (Lipinski definition) is 4. The maximum atomic E-state index is 13.0. The molecular formula is C25H20FN3O3S. The van der Waals surface area contributed by atoms with E-state index in [4.69, 9.17) is 0 Å². The summed E-state index contributed by atoms with van der Waals surface area (Å²) in [5.41, 5.74) is 1.95. The monoisotopic (exact) mass is 461 g/mol. The van der Waals surface area contributed by atoms with Crippen LogP contribution in [0.2, 0.25) is 0 Å². The maximum Gasteiger partial charge on any atom is 0.261 e. The molecule has 0 fully saturated rings. The van der Waals surface area contributed by atoms with Gasteiger partial charge in [0.05, 0.1) is 16.6 Å². The van der Waals surface area contributed by atoms with E-state index in [0.29, 0.717) is 16.9 Å². The number of thiophene rings is 1. The molecule has 0 aliphatic carbocycles. The van der Waals surface area contributed by atoms with Crippen LogP contribution in [0, 0.1) is 5.82 Å². The minimum Gasteiger partial charge on any atom is -0.345 e. The number of anilines is 1. The fourth-order valence-corrected chi connectivity index (χ4v) is 3.95. The number of H-pyrrole nitrogens is 1. The van der Waals surface area contributed by atoms with Crippen LogP contribution in [0.4, 0.5) is 10.1 Å². The Morgan fingerprint density at radius 2 is 1.67 bits per heavy atom. The molecule has 8 heteroatoms. The largest absolute Gasteiger partial charge is 0.345 e. The number of rotatable bonds is 6. The fourth-order valence-electron chi connectivity index (χ4n) is 3.25. The molecule has 33 heavy (non-hydrogen) atoms. The first kappa shape index (κ1) is 22.2. The third-order valence-corrected chi connectivity index (χ3v) is 5.97. The molecule has 0 aliphatic rings. The number of benzene rings is 2. The lowest BCUT2D eigenvalue weighted by molar-refractivity contribution is 0.0937. The van der Waals surface area contributed by atoms with Crippen LogP contribution in [0.1, 0.15) is 39.2 Å². The molecule has 0 bridgehead atoms. The Bertz CT molecular complexity index is 1330. The van der Waals surface area contributed by atoms with E-state index in [2.05, 4.69) is 15.6 Å². The molecule has 4 aromatic rings. The van der Waals surface area contributed by atoms with Crippen molar-refractivity contribution in [3.63, 3.8) is 0 Å². The van der Waals surface area contributed by atoms with E-state index in [-0.39, 0.29) is 17.5 Å². The molecule has 4 rings (SSSR count). The van der Waals surface area contributed by atoms with Crippen molar-refractivity contribution in [3.8, 4) is 10.6 Å². The van der Waals surface area contributed by atoms with Crippen molar-refractivity contribution < 1.29 is 14.0 Å². The predicted molar refractivity (Wildman–Crippen MR) is 127 cm³/mol. The van der Waals surface area contributed by atoms with Gasteiger partial charge >= 0.3 is 0 Å². The van der Waals surface area contributed by atoms with E-state index < -0.39 is 17.3 Å². The summed E-state index contributed by atoms with van der Waals surface area (Å²) >= 11 is 1.50. The van der Waals surface area contributed by atoms with Crippen molar-refractivity contribution in [2.24, 2.45) is 0 Å². The van der Waals surface area contributed by atoms with E-state index in [1.165, 1.54) is 41.7 Å². The number of amides is 2. The molecule has 1 atom stereocenters. The smallest absolute Gasteiger partial charge is 0.261 e. The SMILES string of the molecule is CC(NC(=O)c1ccc(-c2cccs2)[nH]c1=O)c1ccc(NC(=O)c2ccc(F)cc2)cc1. The lowest BCUT2D eigenvalue weighted by atomic mass is 10.1. The minimum absolute atomic E-state index is 0.0327. The zero-order valence-electron chi connectivity index (χ0n) is 17.6. The maximum absolute atomic E-state index is 13.0. The van der Waals surface area contributed by atoms with E-state index in [1.54, 1.807) is 37.3 Å². The summed E-state index contributed by atoms with van der Waals surface area (Å²) in [4.78, 5) is 41.0. The number of nitrogens with one attached hydrogen (secondary N) is 3.